The van der Waals surface area contributed by atoms with Gasteiger partial charge in [0.25, 0.3) is 0 Å². The molecule has 0 unspecified atom stereocenters. The highest BCUT2D eigenvalue weighted by Crippen LogP contribution is 2.52. The monoisotopic (exact) mass is 246 g/mol. The molecule has 0 bridgehead atoms. The second-order valence-electron chi connectivity index (χ2n) is 3.38. The number of carbonyl (C=O) groups is 2. The minimum absolute atomic E-state index is 0.173. The fraction of sp³-hybridized carbons (Fsp3) is 0. The van der Waals surface area contributed by atoms with Gasteiger partial charge in [0.15, 0.2) is 11.6 Å². The van der Waals surface area contributed by atoms with Gasteiger partial charge in [-0.2, -0.15) is 0 Å². The average Bonchev–Trinajstić information content (AvgIpc) is 2.82. The third-order valence-electron chi connectivity index (χ3n) is 2.34. The molecule has 0 aromatic heterocycles. The van der Waals surface area contributed by atoms with Gasteiger partial charge >= 0.3 is 0 Å². The predicted molar refractivity (Wildman–Crippen MR) is 64.3 cm³/mol. The lowest BCUT2D eigenvalue weighted by atomic mass is 10.2. The van der Waals surface area contributed by atoms with E-state index in [2.05, 4.69) is 0 Å². The molecule has 0 spiro atoms. The maximum absolute atomic E-state index is 11.5. The van der Waals surface area contributed by atoms with Gasteiger partial charge in [0.05, 0.1) is 9.81 Å². The summed E-state index contributed by atoms with van der Waals surface area (Å²) in [5.41, 5.74) is 0.325. The summed E-state index contributed by atoms with van der Waals surface area (Å²) in [6.07, 6.45) is 2.68. The van der Waals surface area contributed by atoms with Crippen LogP contribution in [0, 0.1) is 0 Å². The Morgan fingerprint density at radius 1 is 0.812 bits per heavy atom. The van der Waals surface area contributed by atoms with E-state index in [1.54, 1.807) is 0 Å². The van der Waals surface area contributed by atoms with Crippen LogP contribution in [0.5, 0.6) is 0 Å². The van der Waals surface area contributed by atoms with E-state index in [1.807, 2.05) is 24.3 Å². The molecule has 0 saturated carbocycles. The van der Waals surface area contributed by atoms with E-state index < -0.39 is 0 Å². The van der Waals surface area contributed by atoms with Crippen molar-refractivity contribution in [1.82, 2.24) is 0 Å². The van der Waals surface area contributed by atoms with E-state index >= 15 is 0 Å². The number of hydrogen-bond donors (Lipinski definition) is 0. The van der Waals surface area contributed by atoms with Gasteiger partial charge in [-0.05, 0) is 24.3 Å². The number of ketones is 2. The highest BCUT2D eigenvalue weighted by Gasteiger charge is 2.29. The second kappa shape index (κ2) is 3.64. The van der Waals surface area contributed by atoms with Crippen LogP contribution < -0.4 is 0 Å². The lowest BCUT2D eigenvalue weighted by Gasteiger charge is -1.97. The molecule has 0 amide bonds. The topological polar surface area (TPSA) is 34.1 Å². The number of benzene rings is 1. The predicted octanol–water partition coefficient (Wildman–Crippen LogP) is 2.80. The van der Waals surface area contributed by atoms with E-state index in [4.69, 9.17) is 0 Å². The van der Waals surface area contributed by atoms with Crippen molar-refractivity contribution in [1.29, 1.82) is 0 Å². The highest BCUT2D eigenvalue weighted by atomic mass is 32.2. The van der Waals surface area contributed by atoms with Gasteiger partial charge in [0.2, 0.25) is 0 Å². The standard InChI is InChI=1S/C12H6O2S2/c13-7-5-6-8(14)11(7)12-15-9-3-1-2-4-10(9)16-12/h1-6H. The molecular formula is C12H6O2S2. The zero-order chi connectivity index (χ0) is 11.1. The van der Waals surface area contributed by atoms with Crippen molar-refractivity contribution in [3.05, 3.63) is 46.2 Å². The molecule has 0 atom stereocenters. The molecule has 1 aromatic rings. The molecule has 2 aliphatic rings. The molecule has 16 heavy (non-hydrogen) atoms. The number of fused-ring (bicyclic) bond motifs is 1. The van der Waals surface area contributed by atoms with Gasteiger partial charge < -0.3 is 0 Å². The zero-order valence-electron chi connectivity index (χ0n) is 8.10. The number of allylic oxidation sites excluding steroid dienone is 3. The van der Waals surface area contributed by atoms with Gasteiger partial charge in [0, 0.05) is 9.79 Å². The van der Waals surface area contributed by atoms with Gasteiger partial charge in [-0.15, -0.1) is 0 Å². The summed E-state index contributed by atoms with van der Waals surface area (Å²) in [5, 5.41) is 0. The second-order valence-corrected chi connectivity index (χ2v) is 5.74. The van der Waals surface area contributed by atoms with Crippen molar-refractivity contribution in [2.45, 2.75) is 9.79 Å². The molecule has 1 aliphatic carbocycles. The molecule has 0 saturated heterocycles. The number of carbonyl (C=O) groups excluding carboxylic acids is 2. The molecule has 0 radical (unpaired) electrons. The minimum Gasteiger partial charge on any atom is -0.289 e. The molecule has 78 valence electrons. The first-order valence-electron chi connectivity index (χ1n) is 4.71. The summed E-state index contributed by atoms with van der Waals surface area (Å²) in [6, 6.07) is 7.91. The Balaban J connectivity index is 2.05. The normalized spacial score (nSPS) is 18.5. The van der Waals surface area contributed by atoms with Crippen LogP contribution in [0.3, 0.4) is 0 Å². The van der Waals surface area contributed by atoms with Crippen LogP contribution in [-0.4, -0.2) is 11.6 Å². The summed E-state index contributed by atoms with van der Waals surface area (Å²) in [4.78, 5) is 25.3. The number of rotatable bonds is 0. The fourth-order valence-electron chi connectivity index (χ4n) is 1.58. The molecule has 1 heterocycles. The maximum Gasteiger partial charge on any atom is 0.191 e. The summed E-state index contributed by atoms with van der Waals surface area (Å²) in [7, 11) is 0. The average molecular weight is 246 g/mol. The third-order valence-corrected chi connectivity index (χ3v) is 4.90. The summed E-state index contributed by atoms with van der Waals surface area (Å²) in [5.74, 6) is -0.347. The van der Waals surface area contributed by atoms with Crippen LogP contribution in [0.25, 0.3) is 0 Å². The molecular weight excluding hydrogens is 240 g/mol. The first-order valence-corrected chi connectivity index (χ1v) is 6.35. The van der Waals surface area contributed by atoms with Crippen molar-refractivity contribution in [3.8, 4) is 0 Å². The Bertz CT molecular complexity index is 523. The fourth-order valence-corrected chi connectivity index (χ4v) is 4.17. The molecule has 2 nitrogen and oxygen atoms in total. The van der Waals surface area contributed by atoms with Crippen LogP contribution >= 0.6 is 23.5 Å². The Morgan fingerprint density at radius 2 is 1.31 bits per heavy atom. The first-order chi connectivity index (χ1) is 7.75. The van der Waals surface area contributed by atoms with Crippen molar-refractivity contribution in [2.75, 3.05) is 0 Å². The van der Waals surface area contributed by atoms with Gasteiger partial charge in [-0.25, -0.2) is 0 Å². The van der Waals surface area contributed by atoms with Crippen molar-refractivity contribution < 1.29 is 9.59 Å². The smallest absolute Gasteiger partial charge is 0.191 e. The molecule has 1 aromatic carbocycles. The highest BCUT2D eigenvalue weighted by molar-refractivity contribution is 8.24. The summed E-state index contributed by atoms with van der Waals surface area (Å²) >= 11 is 3.00. The Hall–Kier alpha value is -1.26. The largest absolute Gasteiger partial charge is 0.289 e. The lowest BCUT2D eigenvalue weighted by Crippen LogP contribution is -2.01. The van der Waals surface area contributed by atoms with Crippen LogP contribution in [0.1, 0.15) is 0 Å². The third kappa shape index (κ3) is 1.45. The molecule has 0 N–H and O–H groups in total. The summed E-state index contributed by atoms with van der Waals surface area (Å²) in [6.45, 7) is 0. The molecule has 3 rings (SSSR count). The van der Waals surface area contributed by atoms with Crippen molar-refractivity contribution >= 4 is 35.1 Å². The van der Waals surface area contributed by atoms with Crippen LogP contribution in [0.2, 0.25) is 0 Å². The van der Waals surface area contributed by atoms with Gasteiger partial charge in [-0.3, -0.25) is 9.59 Å². The zero-order valence-corrected chi connectivity index (χ0v) is 9.73. The lowest BCUT2D eigenvalue weighted by molar-refractivity contribution is -0.115. The quantitative estimate of drug-likeness (QED) is 0.520. The van der Waals surface area contributed by atoms with E-state index in [0.29, 0.717) is 5.57 Å². The molecule has 1 aliphatic heterocycles. The Morgan fingerprint density at radius 3 is 1.81 bits per heavy atom. The van der Waals surface area contributed by atoms with Crippen LogP contribution in [0.4, 0.5) is 0 Å². The van der Waals surface area contributed by atoms with Crippen LogP contribution in [0.15, 0.2) is 56.0 Å². The Labute approximate surface area is 101 Å². The van der Waals surface area contributed by atoms with E-state index in [1.165, 1.54) is 35.7 Å². The number of hydrogen-bond acceptors (Lipinski definition) is 4. The maximum atomic E-state index is 11.5. The first kappa shape index (κ1) is 9.93. The summed E-state index contributed by atoms with van der Waals surface area (Å²) < 4.78 is 0.807. The van der Waals surface area contributed by atoms with Crippen molar-refractivity contribution in [3.63, 3.8) is 0 Å². The van der Waals surface area contributed by atoms with Gasteiger partial charge in [-0.1, -0.05) is 35.7 Å². The SMILES string of the molecule is O=C1C=CC(=O)C1=C1Sc2ccccc2S1. The van der Waals surface area contributed by atoms with Crippen LogP contribution in [-0.2, 0) is 9.59 Å². The van der Waals surface area contributed by atoms with Gasteiger partial charge in [0.1, 0.15) is 0 Å². The Kier molecular flexibility index (Phi) is 2.26. The molecule has 0 fully saturated rings. The minimum atomic E-state index is -0.173. The van der Waals surface area contributed by atoms with E-state index in [-0.39, 0.29) is 11.6 Å². The molecule has 4 heteroatoms. The van der Waals surface area contributed by atoms with E-state index in [9.17, 15) is 9.59 Å². The van der Waals surface area contributed by atoms with Crippen molar-refractivity contribution in [2.24, 2.45) is 0 Å². The van der Waals surface area contributed by atoms with E-state index in [0.717, 1.165) is 14.0 Å². The number of thioether (sulfide) groups is 2.